The Hall–Kier alpha value is -2.93. The molecule has 0 radical (unpaired) electrons. The average molecular weight is 1090 g/mol. The largest absolute Gasteiger partial charge is 0.506 e. The number of phenols is 1. The van der Waals surface area contributed by atoms with Crippen LogP contribution >= 0.6 is 109 Å². The van der Waals surface area contributed by atoms with Crippen molar-refractivity contribution in [3.63, 3.8) is 0 Å². The summed E-state index contributed by atoms with van der Waals surface area (Å²) in [6.45, 7) is 9.58. The first-order valence-corrected chi connectivity index (χ1v) is 22.0. The highest BCUT2D eigenvalue weighted by molar-refractivity contribution is 9.10. The third-order valence-corrected chi connectivity index (χ3v) is 11.0. The molecule has 0 spiro atoms. The number of hydrogen-bond acceptors (Lipinski definition) is 13. The smallest absolute Gasteiger partial charge is 0.405 e. The molecule has 1 unspecified atom stereocenters. The van der Waals surface area contributed by atoms with Gasteiger partial charge in [-0.25, -0.2) is 4.79 Å². The number of piperazine rings is 2. The van der Waals surface area contributed by atoms with E-state index in [1.54, 1.807) is 32.4 Å². The molecule has 4 aromatic rings. The number of likely N-dealkylation sites (N-methyl/N-ethyl adjacent to an activating group) is 1. The Balaban J connectivity index is 0.000000276. The number of methoxy groups -OCH3 is 3. The van der Waals surface area contributed by atoms with Crippen molar-refractivity contribution in [3.05, 3.63) is 99.3 Å². The van der Waals surface area contributed by atoms with Gasteiger partial charge in [-0.15, -0.1) is 0 Å². The molecule has 2 fully saturated rings. The number of rotatable bonds is 7. The minimum Gasteiger partial charge on any atom is -0.506 e. The number of nitrogens with one attached hydrogen (secondary N) is 1. The Bertz CT molecular complexity index is 2080. The molecule has 0 aromatic heterocycles. The Morgan fingerprint density at radius 2 is 1.27 bits per heavy atom. The van der Waals surface area contributed by atoms with Gasteiger partial charge in [0.2, 0.25) is 0 Å². The first kappa shape index (κ1) is 55.2. The van der Waals surface area contributed by atoms with Gasteiger partial charge in [-0.05, 0) is 54.2 Å². The number of nitro benzene ring substituents is 1. The summed E-state index contributed by atoms with van der Waals surface area (Å²) in [4.78, 5) is 26.4. The van der Waals surface area contributed by atoms with E-state index in [0.29, 0.717) is 37.3 Å². The molecule has 23 heteroatoms. The number of benzene rings is 4. The lowest BCUT2D eigenvalue weighted by atomic mass is 10.2. The van der Waals surface area contributed by atoms with Crippen molar-refractivity contribution in [3.8, 4) is 23.0 Å². The van der Waals surface area contributed by atoms with Crippen LogP contribution in [0.25, 0.3) is 0 Å². The maximum Gasteiger partial charge on any atom is 0.405 e. The summed E-state index contributed by atoms with van der Waals surface area (Å²) >= 11 is 47.7. The Kier molecular flexibility index (Phi) is 25.0. The van der Waals surface area contributed by atoms with Crippen LogP contribution in [0.3, 0.4) is 0 Å². The second-order valence-corrected chi connectivity index (χ2v) is 17.0. The molecule has 0 aliphatic carbocycles. The molecule has 4 aromatic carbocycles. The van der Waals surface area contributed by atoms with Crippen molar-refractivity contribution in [1.82, 2.24) is 10.2 Å². The average Bonchev–Trinajstić information content (AvgIpc) is 3.21. The van der Waals surface area contributed by atoms with E-state index in [1.807, 2.05) is 18.2 Å². The second-order valence-electron chi connectivity index (χ2n) is 12.7. The highest BCUT2D eigenvalue weighted by Gasteiger charge is 2.19. The van der Waals surface area contributed by atoms with Crippen LogP contribution in [0.4, 0.5) is 27.5 Å². The minimum atomic E-state index is -0.873. The van der Waals surface area contributed by atoms with Crippen LogP contribution in [0.15, 0.2) is 59.1 Å². The van der Waals surface area contributed by atoms with Crippen molar-refractivity contribution >= 4 is 137 Å². The number of nitrogens with zero attached hydrogens (tertiary/aromatic N) is 4. The number of nitrogens with two attached hydrogens (primary N) is 1. The fraction of sp³-hybridized carbons (Fsp3) is 0.359. The van der Waals surface area contributed by atoms with Crippen molar-refractivity contribution in [2.45, 2.75) is 12.5 Å². The summed E-state index contributed by atoms with van der Waals surface area (Å²) in [5.41, 5.74) is 7.14. The van der Waals surface area contributed by atoms with Crippen molar-refractivity contribution in [2.75, 3.05) is 96.3 Å². The number of anilines is 3. The number of carbonyl (C=O) groups is 1. The molecule has 4 N–H and O–H groups in total. The fourth-order valence-corrected chi connectivity index (χ4v) is 7.50. The van der Waals surface area contributed by atoms with E-state index in [9.17, 15) is 14.9 Å². The number of phenolic OH excluding ortho intramolecular Hbond substituents is 1. The van der Waals surface area contributed by atoms with E-state index in [1.165, 1.54) is 26.2 Å². The fourth-order valence-electron chi connectivity index (χ4n) is 5.29. The Morgan fingerprint density at radius 1 is 0.774 bits per heavy atom. The molecule has 2 aliphatic heterocycles. The molecule has 0 bridgehead atoms. The van der Waals surface area contributed by atoms with E-state index in [-0.39, 0.29) is 21.5 Å². The number of aromatic hydroxyl groups is 1. The van der Waals surface area contributed by atoms with E-state index in [4.69, 9.17) is 118 Å². The zero-order valence-electron chi connectivity index (χ0n) is 34.0. The van der Waals surface area contributed by atoms with Crippen molar-refractivity contribution in [2.24, 2.45) is 0 Å². The van der Waals surface area contributed by atoms with Gasteiger partial charge in [0, 0.05) is 104 Å². The van der Waals surface area contributed by atoms with Crippen LogP contribution in [-0.2, 0) is 4.74 Å². The van der Waals surface area contributed by atoms with Crippen LogP contribution in [0.1, 0.15) is 6.92 Å². The molecule has 2 aliphatic rings. The van der Waals surface area contributed by atoms with Crippen LogP contribution in [0.2, 0.25) is 30.1 Å². The lowest BCUT2D eigenvalue weighted by Crippen LogP contribution is -2.44. The third kappa shape index (κ3) is 18.7. The maximum absolute atomic E-state index is 10.4. The van der Waals surface area contributed by atoms with Gasteiger partial charge in [-0.2, -0.15) is 0 Å². The van der Waals surface area contributed by atoms with Crippen LogP contribution in [0, 0.1) is 10.1 Å². The molecule has 1 atom stereocenters. The first-order chi connectivity index (χ1) is 29.2. The zero-order valence-corrected chi connectivity index (χ0v) is 41.6. The number of halogens is 9. The van der Waals surface area contributed by atoms with E-state index < -0.39 is 15.9 Å². The molecule has 14 nitrogen and oxygen atoms in total. The van der Waals surface area contributed by atoms with Crippen LogP contribution in [0.5, 0.6) is 23.0 Å². The van der Waals surface area contributed by atoms with Gasteiger partial charge < -0.3 is 49.8 Å². The van der Waals surface area contributed by atoms with Crippen LogP contribution in [-0.4, -0.2) is 107 Å². The van der Waals surface area contributed by atoms with Crippen LogP contribution < -0.4 is 35.1 Å². The monoisotopic (exact) mass is 1080 g/mol. The molecule has 2 saturated heterocycles. The Morgan fingerprint density at radius 3 is 1.74 bits per heavy atom. The van der Waals surface area contributed by atoms with E-state index >= 15 is 0 Å². The lowest BCUT2D eigenvalue weighted by molar-refractivity contribution is -0.384. The van der Waals surface area contributed by atoms with Crippen molar-refractivity contribution in [1.29, 1.82) is 0 Å². The summed E-state index contributed by atoms with van der Waals surface area (Å²) in [5, 5.41) is 24.8. The standard InChI is InChI=1S/C12H18ClN3O.C11H14BrClN2O.C7H5Cl2NO3.C6H4Cl2O.C3H4Cl2O2/c1-15-3-5-16(6-4-15)11-8-12(17-2)9(13)7-10(11)14;1-16-11-7-10(8(12)6-9(11)13)15-4-2-14-3-5-15;1-13-7-3-4(8)6(10(11)12)2-5(7)9;7-4-1-2-5(8)6(9)3-4;1-2(4)7-3(5)6/h7-8H,3-6,14H2,1-2H3;6-7,14H,2-5H2,1H3;2-3H,1H3;1-3,9H;2H,1H3. The zero-order chi connectivity index (χ0) is 46.7. The summed E-state index contributed by atoms with van der Waals surface area (Å²) in [6, 6.07) is 14.6. The highest BCUT2D eigenvalue weighted by Crippen LogP contribution is 2.38. The molecule has 342 valence electrons. The van der Waals surface area contributed by atoms with Crippen molar-refractivity contribution < 1.29 is 33.8 Å². The highest BCUT2D eigenvalue weighted by atomic mass is 79.9. The SMILES string of the molecule is CC(Cl)OC(=O)Cl.COc1cc(Cl)c([N+](=O)[O-])cc1Cl.COc1cc(N2CCN(C)CC2)c(N)cc1Cl.COc1cc(N2CCNCC2)c(Br)cc1Cl.Oc1cc(Cl)ccc1Cl. The number of ether oxygens (including phenoxy) is 4. The van der Waals surface area contributed by atoms with Gasteiger partial charge in [0.05, 0.1) is 63.4 Å². The number of alkyl halides is 1. The molecule has 2 heterocycles. The molecular formula is C39H45BrCl8N6O8. The van der Waals surface area contributed by atoms with E-state index in [2.05, 4.69) is 47.7 Å². The quantitative estimate of drug-likeness (QED) is 0.0527. The molecule has 6 rings (SSSR count). The molecule has 62 heavy (non-hydrogen) atoms. The summed E-state index contributed by atoms with van der Waals surface area (Å²) in [5.74, 6) is 1.73. The lowest BCUT2D eigenvalue weighted by Gasteiger charge is -2.34. The number of nitro groups is 1. The summed E-state index contributed by atoms with van der Waals surface area (Å²) < 4.78 is 20.4. The maximum atomic E-state index is 10.4. The molecule has 0 amide bonds. The van der Waals surface area contributed by atoms with Gasteiger partial charge in [-0.1, -0.05) is 81.2 Å². The van der Waals surface area contributed by atoms with Gasteiger partial charge in [0.1, 0.15) is 28.0 Å². The third-order valence-electron chi connectivity index (χ3n) is 8.41. The normalized spacial score (nSPS) is 13.8. The predicted octanol–water partition coefficient (Wildman–Crippen LogP) is 11.8. The van der Waals surface area contributed by atoms with Gasteiger partial charge in [0.15, 0.2) is 5.56 Å². The molecule has 0 saturated carbocycles. The summed E-state index contributed by atoms with van der Waals surface area (Å²) in [7, 11) is 6.79. The van der Waals surface area contributed by atoms with Gasteiger partial charge in [0.25, 0.3) is 5.69 Å². The van der Waals surface area contributed by atoms with E-state index in [0.717, 1.165) is 80.0 Å². The number of carbonyl (C=O) groups excluding carboxylic acids is 1. The predicted molar refractivity (Wildman–Crippen MR) is 258 cm³/mol. The second kappa shape index (κ2) is 28.1. The minimum absolute atomic E-state index is 0.00579. The summed E-state index contributed by atoms with van der Waals surface area (Å²) in [6.07, 6.45) is 0. The number of nitrogen functional groups attached to an aromatic ring is 1. The number of hydrogen-bond donors (Lipinski definition) is 3. The topological polar surface area (TPSA) is 165 Å². The van der Waals surface area contributed by atoms with Gasteiger partial charge in [-0.3, -0.25) is 10.1 Å². The van der Waals surface area contributed by atoms with Gasteiger partial charge >= 0.3 is 5.43 Å². The first-order valence-electron chi connectivity index (χ1n) is 18.1. The Labute approximate surface area is 409 Å². The molecular weight excluding hydrogens is 1040 g/mol.